The summed E-state index contributed by atoms with van der Waals surface area (Å²) in [4.78, 5) is 42.8. The second kappa shape index (κ2) is 15.2. The summed E-state index contributed by atoms with van der Waals surface area (Å²) in [6, 6.07) is 21.3. The molecule has 0 unspecified atom stereocenters. The zero-order valence-electron chi connectivity index (χ0n) is 26.7. The molecule has 0 saturated heterocycles. The number of fused-ring (bicyclic) bond motifs is 4. The third-order valence-corrected chi connectivity index (χ3v) is 8.25. The van der Waals surface area contributed by atoms with E-state index in [1.165, 1.54) is 7.11 Å². The highest BCUT2D eigenvalue weighted by molar-refractivity contribution is 6.00. The van der Waals surface area contributed by atoms with E-state index in [-0.39, 0.29) is 49.9 Å². The van der Waals surface area contributed by atoms with Gasteiger partial charge in [0.05, 0.1) is 42.6 Å². The molecule has 5 aromatic rings. The standard InChI is InChI=1S/C35H38N8O5/c1-47-31-14-7-12-27-33(31)48-20-8-17-43-23-25(38-41-43)15-18-42(32(44)22-29-26-11-5-6-13-28(26)39-40-29)19-16-36-35(46)30(37-34(27)45)21-24-9-3-2-4-10-24/h2-7,9-14,23,30H,8,15-22H2,1H3,(H,36,46)(H,37,45)(H,39,40)/t30-/m0/s1. The summed E-state index contributed by atoms with van der Waals surface area (Å²) in [6.45, 7) is 1.63. The van der Waals surface area contributed by atoms with Crippen molar-refractivity contribution in [3.05, 3.63) is 102 Å². The number of aryl methyl sites for hydroxylation is 1. The molecular formula is C35H38N8O5. The number of ether oxygens (including phenoxy) is 2. The Balaban J connectivity index is 1.25. The summed E-state index contributed by atoms with van der Waals surface area (Å²) >= 11 is 0. The van der Waals surface area contributed by atoms with Crippen LogP contribution in [0.1, 0.15) is 33.7 Å². The van der Waals surface area contributed by atoms with Crippen LogP contribution in [-0.2, 0) is 35.4 Å². The number of para-hydroxylation sites is 2. The molecule has 0 spiro atoms. The van der Waals surface area contributed by atoms with Crippen molar-refractivity contribution in [3.8, 4) is 11.5 Å². The molecule has 0 saturated carbocycles. The van der Waals surface area contributed by atoms with E-state index < -0.39 is 11.9 Å². The molecule has 13 heteroatoms. The van der Waals surface area contributed by atoms with Gasteiger partial charge < -0.3 is 25.0 Å². The highest BCUT2D eigenvalue weighted by Crippen LogP contribution is 2.31. The van der Waals surface area contributed by atoms with Crippen molar-refractivity contribution in [3.63, 3.8) is 0 Å². The van der Waals surface area contributed by atoms with E-state index in [9.17, 15) is 14.4 Å². The number of hydrogen-bond donors (Lipinski definition) is 3. The number of hydrogen-bond acceptors (Lipinski definition) is 8. The number of aromatic amines is 1. The van der Waals surface area contributed by atoms with E-state index in [2.05, 4.69) is 31.1 Å². The number of carbonyl (C=O) groups excluding carboxylic acids is 3. The van der Waals surface area contributed by atoms with Crippen LogP contribution in [0.15, 0.2) is 79.0 Å². The molecule has 3 heterocycles. The van der Waals surface area contributed by atoms with Crippen LogP contribution in [0.3, 0.4) is 0 Å². The van der Waals surface area contributed by atoms with E-state index in [1.54, 1.807) is 27.8 Å². The quantitative estimate of drug-likeness (QED) is 0.262. The number of H-pyrrole nitrogens is 1. The number of rotatable bonds is 5. The van der Waals surface area contributed by atoms with E-state index in [4.69, 9.17) is 9.47 Å². The van der Waals surface area contributed by atoms with Gasteiger partial charge in [0.1, 0.15) is 6.04 Å². The molecule has 3 aromatic carbocycles. The summed E-state index contributed by atoms with van der Waals surface area (Å²) in [5.74, 6) is -0.247. The number of carbonyl (C=O) groups is 3. The van der Waals surface area contributed by atoms with Gasteiger partial charge in [0, 0.05) is 57.0 Å². The Morgan fingerprint density at radius 1 is 1.00 bits per heavy atom. The molecule has 2 bridgehead atoms. The Morgan fingerprint density at radius 3 is 2.69 bits per heavy atom. The lowest BCUT2D eigenvalue weighted by Crippen LogP contribution is -2.50. The maximum absolute atomic E-state index is 13.7. The summed E-state index contributed by atoms with van der Waals surface area (Å²) in [7, 11) is 1.51. The van der Waals surface area contributed by atoms with Crippen LogP contribution in [-0.4, -0.2) is 87.2 Å². The number of nitrogens with zero attached hydrogens (tertiary/aromatic N) is 5. The van der Waals surface area contributed by atoms with Crippen molar-refractivity contribution < 1.29 is 23.9 Å². The predicted molar refractivity (Wildman–Crippen MR) is 178 cm³/mol. The average molecular weight is 651 g/mol. The first kappa shape index (κ1) is 32.2. The molecule has 13 nitrogen and oxygen atoms in total. The van der Waals surface area contributed by atoms with Crippen molar-refractivity contribution in [1.82, 2.24) is 40.7 Å². The summed E-state index contributed by atoms with van der Waals surface area (Å²) in [5, 5.41) is 22.6. The van der Waals surface area contributed by atoms with E-state index in [0.29, 0.717) is 37.4 Å². The minimum Gasteiger partial charge on any atom is -0.493 e. The smallest absolute Gasteiger partial charge is 0.255 e. The fourth-order valence-electron chi connectivity index (χ4n) is 5.72. The monoisotopic (exact) mass is 650 g/mol. The van der Waals surface area contributed by atoms with Crippen LogP contribution in [0.2, 0.25) is 0 Å². The summed E-state index contributed by atoms with van der Waals surface area (Å²) < 4.78 is 13.3. The molecule has 1 aliphatic rings. The number of aromatic nitrogens is 5. The van der Waals surface area contributed by atoms with Gasteiger partial charge in [0.25, 0.3) is 5.91 Å². The minimum absolute atomic E-state index is 0.117. The van der Waals surface area contributed by atoms with Crippen LogP contribution in [0.5, 0.6) is 11.5 Å². The second-order valence-electron chi connectivity index (χ2n) is 11.5. The van der Waals surface area contributed by atoms with Crippen molar-refractivity contribution in [1.29, 1.82) is 0 Å². The molecule has 1 atom stereocenters. The van der Waals surface area contributed by atoms with Gasteiger partial charge >= 0.3 is 0 Å². The fourth-order valence-corrected chi connectivity index (χ4v) is 5.72. The van der Waals surface area contributed by atoms with Gasteiger partial charge in [-0.05, 0) is 23.8 Å². The van der Waals surface area contributed by atoms with Gasteiger partial charge in [-0.3, -0.25) is 24.2 Å². The lowest BCUT2D eigenvalue weighted by atomic mass is 10.0. The molecule has 48 heavy (non-hydrogen) atoms. The maximum Gasteiger partial charge on any atom is 0.255 e. The highest BCUT2D eigenvalue weighted by atomic mass is 16.5. The fraction of sp³-hybridized carbons (Fsp3) is 0.314. The molecule has 0 radical (unpaired) electrons. The Hall–Kier alpha value is -5.72. The molecule has 6 rings (SSSR count). The van der Waals surface area contributed by atoms with Crippen LogP contribution < -0.4 is 20.1 Å². The van der Waals surface area contributed by atoms with E-state index in [1.807, 2.05) is 60.8 Å². The zero-order chi connectivity index (χ0) is 33.3. The van der Waals surface area contributed by atoms with Crippen molar-refractivity contribution in [2.45, 2.75) is 38.3 Å². The number of benzene rings is 3. The van der Waals surface area contributed by atoms with Gasteiger partial charge in [0.15, 0.2) is 11.5 Å². The minimum atomic E-state index is -0.893. The lowest BCUT2D eigenvalue weighted by molar-refractivity contribution is -0.131. The summed E-state index contributed by atoms with van der Waals surface area (Å²) in [6.07, 6.45) is 3.32. The van der Waals surface area contributed by atoms with Gasteiger partial charge in [-0.2, -0.15) is 5.10 Å². The summed E-state index contributed by atoms with van der Waals surface area (Å²) in [5.41, 5.74) is 3.40. The first-order valence-electron chi connectivity index (χ1n) is 16.0. The van der Waals surface area contributed by atoms with E-state index in [0.717, 1.165) is 27.9 Å². The molecule has 0 fully saturated rings. The van der Waals surface area contributed by atoms with Crippen molar-refractivity contribution >= 4 is 28.6 Å². The topological polar surface area (TPSA) is 156 Å². The normalized spacial score (nSPS) is 16.4. The van der Waals surface area contributed by atoms with Crippen molar-refractivity contribution in [2.24, 2.45) is 0 Å². The molecule has 1 aliphatic heterocycles. The van der Waals surface area contributed by atoms with Crippen LogP contribution in [0, 0.1) is 0 Å². The highest BCUT2D eigenvalue weighted by Gasteiger charge is 2.26. The van der Waals surface area contributed by atoms with Gasteiger partial charge in [0.2, 0.25) is 11.8 Å². The van der Waals surface area contributed by atoms with Crippen molar-refractivity contribution in [2.75, 3.05) is 33.4 Å². The third kappa shape index (κ3) is 7.80. The molecular weight excluding hydrogens is 612 g/mol. The second-order valence-corrected chi connectivity index (χ2v) is 11.5. The van der Waals surface area contributed by atoms with Gasteiger partial charge in [-0.1, -0.05) is 59.8 Å². The largest absolute Gasteiger partial charge is 0.493 e. The predicted octanol–water partition coefficient (Wildman–Crippen LogP) is 2.72. The van der Waals surface area contributed by atoms with E-state index >= 15 is 0 Å². The average Bonchev–Trinajstić information content (AvgIpc) is 3.74. The molecule has 3 N–H and O–H groups in total. The van der Waals surface area contributed by atoms with Crippen LogP contribution in [0.4, 0.5) is 0 Å². The van der Waals surface area contributed by atoms with Crippen LogP contribution in [0.25, 0.3) is 10.9 Å². The Morgan fingerprint density at radius 2 is 1.83 bits per heavy atom. The van der Waals surface area contributed by atoms with Gasteiger partial charge in [-0.25, -0.2) is 0 Å². The zero-order valence-corrected chi connectivity index (χ0v) is 26.7. The molecule has 2 aromatic heterocycles. The van der Waals surface area contributed by atoms with Gasteiger partial charge in [-0.15, -0.1) is 5.10 Å². The maximum atomic E-state index is 13.7. The Kier molecular flexibility index (Phi) is 10.2. The first-order chi connectivity index (χ1) is 23.5. The van der Waals surface area contributed by atoms with Crippen LogP contribution >= 0.6 is 0 Å². The Labute approximate surface area is 277 Å². The third-order valence-electron chi connectivity index (χ3n) is 8.25. The molecule has 3 amide bonds. The number of nitrogens with one attached hydrogen (secondary N) is 3. The molecule has 0 aliphatic carbocycles. The SMILES string of the molecule is COc1cccc2c1OCCCn1cc(nn1)CCN(C(=O)Cc1[nH]nc3ccccc13)CCNC(=O)[C@H](Cc1ccccc1)NC2=O. The number of amides is 3. The first-order valence-corrected chi connectivity index (χ1v) is 16.0. The molecule has 248 valence electrons. The lowest BCUT2D eigenvalue weighted by Gasteiger charge is -2.24. The number of methoxy groups -OCH3 is 1. The Bertz CT molecular complexity index is 1870.